The molecule has 1 fully saturated rings. The van der Waals surface area contributed by atoms with Gasteiger partial charge in [-0.25, -0.2) is 8.42 Å². The molecule has 1 amide bonds. The van der Waals surface area contributed by atoms with Gasteiger partial charge in [-0.15, -0.1) is 0 Å². The molecule has 6 nitrogen and oxygen atoms in total. The minimum absolute atomic E-state index is 0.0137. The number of carboxylic acid groups (broad SMARTS) is 1. The van der Waals surface area contributed by atoms with Crippen molar-refractivity contribution in [1.29, 1.82) is 0 Å². The summed E-state index contributed by atoms with van der Waals surface area (Å²) in [5, 5.41) is 12.3. The first-order chi connectivity index (χ1) is 11.8. The molecule has 138 valence electrons. The lowest BCUT2D eigenvalue weighted by Crippen LogP contribution is -2.35. The van der Waals surface area contributed by atoms with Crippen molar-refractivity contribution in [2.45, 2.75) is 56.8 Å². The molecule has 1 aromatic rings. The highest BCUT2D eigenvalue weighted by Crippen LogP contribution is 2.38. The molecule has 0 unspecified atom stereocenters. The summed E-state index contributed by atoms with van der Waals surface area (Å²) in [4.78, 5) is 24.3. The van der Waals surface area contributed by atoms with Gasteiger partial charge in [0.25, 0.3) is 0 Å². The van der Waals surface area contributed by atoms with E-state index in [2.05, 4.69) is 5.32 Å². The molecule has 25 heavy (non-hydrogen) atoms. The molecule has 1 aromatic carbocycles. The summed E-state index contributed by atoms with van der Waals surface area (Å²) in [5.41, 5.74) is -0.527. The van der Waals surface area contributed by atoms with Gasteiger partial charge in [-0.3, -0.25) is 9.59 Å². The Hall–Kier alpha value is -1.89. The summed E-state index contributed by atoms with van der Waals surface area (Å²) in [7, 11) is -3.28. The average Bonchev–Trinajstić information content (AvgIpc) is 2.82. The van der Waals surface area contributed by atoms with Crippen LogP contribution < -0.4 is 5.32 Å². The van der Waals surface area contributed by atoms with Gasteiger partial charge >= 0.3 is 5.97 Å². The van der Waals surface area contributed by atoms with Gasteiger partial charge < -0.3 is 10.4 Å². The standard InChI is InChI=1S/C18H25NO5S/c1-2-25(23,24)15-9-7-14(8-10-15)19-16(20)13-18(17(21)22)11-5-3-4-6-12-18/h7-10H,2-6,11-13H2,1H3,(H,19,20)(H,21,22). The van der Waals surface area contributed by atoms with E-state index in [0.717, 1.165) is 25.7 Å². The number of aliphatic carboxylic acids is 1. The van der Waals surface area contributed by atoms with Crippen LogP contribution in [-0.4, -0.2) is 31.2 Å². The average molecular weight is 367 g/mol. The van der Waals surface area contributed by atoms with Crippen molar-refractivity contribution in [3.63, 3.8) is 0 Å². The lowest BCUT2D eigenvalue weighted by Gasteiger charge is -2.27. The van der Waals surface area contributed by atoms with Crippen molar-refractivity contribution in [2.75, 3.05) is 11.1 Å². The van der Waals surface area contributed by atoms with Crippen LogP contribution in [0.4, 0.5) is 5.69 Å². The Kier molecular flexibility index (Phi) is 6.21. The normalized spacial score (nSPS) is 17.5. The number of hydrogen-bond donors (Lipinski definition) is 2. The second-order valence-electron chi connectivity index (χ2n) is 6.65. The smallest absolute Gasteiger partial charge is 0.310 e. The first-order valence-electron chi connectivity index (χ1n) is 8.65. The summed E-state index contributed by atoms with van der Waals surface area (Å²) < 4.78 is 23.6. The van der Waals surface area contributed by atoms with E-state index >= 15 is 0 Å². The van der Waals surface area contributed by atoms with Crippen molar-refractivity contribution in [3.8, 4) is 0 Å². The van der Waals surface area contributed by atoms with Crippen LogP contribution in [0.25, 0.3) is 0 Å². The Morgan fingerprint density at radius 2 is 1.64 bits per heavy atom. The molecule has 2 rings (SSSR count). The van der Waals surface area contributed by atoms with Gasteiger partial charge in [0.15, 0.2) is 9.84 Å². The van der Waals surface area contributed by atoms with Crippen molar-refractivity contribution < 1.29 is 23.1 Å². The van der Waals surface area contributed by atoms with E-state index in [1.165, 1.54) is 24.3 Å². The van der Waals surface area contributed by atoms with E-state index in [4.69, 9.17) is 0 Å². The van der Waals surface area contributed by atoms with Crippen molar-refractivity contribution >= 4 is 27.4 Å². The Labute approximate surface area is 148 Å². The molecule has 0 radical (unpaired) electrons. The quantitative estimate of drug-likeness (QED) is 0.752. The molecule has 0 spiro atoms. The zero-order chi connectivity index (χ0) is 18.5. The van der Waals surface area contributed by atoms with E-state index < -0.39 is 21.2 Å². The number of amides is 1. The van der Waals surface area contributed by atoms with Crippen LogP contribution in [0.2, 0.25) is 0 Å². The summed E-state index contributed by atoms with van der Waals surface area (Å²) in [6.07, 6.45) is 4.63. The zero-order valence-electron chi connectivity index (χ0n) is 14.5. The van der Waals surface area contributed by atoms with E-state index in [0.29, 0.717) is 18.5 Å². The maximum atomic E-state index is 12.3. The van der Waals surface area contributed by atoms with Gasteiger partial charge in [-0.1, -0.05) is 32.6 Å². The van der Waals surface area contributed by atoms with Crippen LogP contribution in [0.3, 0.4) is 0 Å². The van der Waals surface area contributed by atoms with E-state index in [1.54, 1.807) is 6.92 Å². The van der Waals surface area contributed by atoms with Crippen LogP contribution in [0.15, 0.2) is 29.2 Å². The molecule has 0 atom stereocenters. The topological polar surface area (TPSA) is 101 Å². The number of carbonyl (C=O) groups excluding carboxylic acids is 1. The summed E-state index contributed by atoms with van der Waals surface area (Å²) >= 11 is 0. The van der Waals surface area contributed by atoms with E-state index in [1.807, 2.05) is 0 Å². The number of sulfone groups is 1. The van der Waals surface area contributed by atoms with Crippen LogP contribution in [-0.2, 0) is 19.4 Å². The SMILES string of the molecule is CCS(=O)(=O)c1ccc(NC(=O)CC2(C(=O)O)CCCCCC2)cc1. The molecule has 0 aliphatic heterocycles. The Bertz CT molecular complexity index is 716. The lowest BCUT2D eigenvalue weighted by atomic mass is 9.77. The van der Waals surface area contributed by atoms with Gasteiger partial charge in [0, 0.05) is 12.1 Å². The maximum absolute atomic E-state index is 12.3. The molecule has 0 bridgehead atoms. The fourth-order valence-corrected chi connectivity index (χ4v) is 4.18. The number of rotatable bonds is 6. The van der Waals surface area contributed by atoms with Gasteiger partial charge in [0.2, 0.25) is 5.91 Å². The molecular weight excluding hydrogens is 342 g/mol. The first kappa shape index (κ1) is 19.4. The van der Waals surface area contributed by atoms with E-state index in [9.17, 15) is 23.1 Å². The molecule has 1 saturated carbocycles. The molecule has 0 saturated heterocycles. The highest BCUT2D eigenvalue weighted by atomic mass is 32.2. The largest absolute Gasteiger partial charge is 0.481 e. The molecule has 1 aliphatic carbocycles. The van der Waals surface area contributed by atoms with Gasteiger partial charge in [-0.05, 0) is 37.1 Å². The van der Waals surface area contributed by atoms with Crippen LogP contribution >= 0.6 is 0 Å². The highest BCUT2D eigenvalue weighted by molar-refractivity contribution is 7.91. The zero-order valence-corrected chi connectivity index (χ0v) is 15.3. The van der Waals surface area contributed by atoms with Crippen LogP contribution in [0.1, 0.15) is 51.9 Å². The summed E-state index contributed by atoms with van der Waals surface area (Å²) in [6, 6.07) is 5.96. The predicted octanol–water partition coefficient (Wildman–Crippen LogP) is 3.23. The van der Waals surface area contributed by atoms with E-state index in [-0.39, 0.29) is 23.0 Å². The molecule has 1 aliphatic rings. The third kappa shape index (κ3) is 4.81. The summed E-state index contributed by atoms with van der Waals surface area (Å²) in [6.45, 7) is 1.57. The number of carbonyl (C=O) groups is 2. The lowest BCUT2D eigenvalue weighted by molar-refractivity contribution is -0.152. The van der Waals surface area contributed by atoms with Gasteiger partial charge in [-0.2, -0.15) is 0 Å². The number of nitrogens with one attached hydrogen (secondary N) is 1. The van der Waals surface area contributed by atoms with Crippen molar-refractivity contribution in [3.05, 3.63) is 24.3 Å². The fourth-order valence-electron chi connectivity index (χ4n) is 3.30. The Morgan fingerprint density at radius 1 is 1.08 bits per heavy atom. The summed E-state index contributed by atoms with van der Waals surface area (Å²) in [5.74, 6) is -1.25. The van der Waals surface area contributed by atoms with Gasteiger partial charge in [0.05, 0.1) is 16.1 Å². The first-order valence-corrected chi connectivity index (χ1v) is 10.3. The number of benzene rings is 1. The third-order valence-electron chi connectivity index (χ3n) is 4.89. The fraction of sp³-hybridized carbons (Fsp3) is 0.556. The molecule has 7 heteroatoms. The van der Waals surface area contributed by atoms with Gasteiger partial charge in [0.1, 0.15) is 0 Å². The number of carboxylic acids is 1. The van der Waals surface area contributed by atoms with Crippen molar-refractivity contribution in [1.82, 2.24) is 0 Å². The Balaban J connectivity index is 2.07. The molecular formula is C18H25NO5S. The Morgan fingerprint density at radius 3 is 2.12 bits per heavy atom. The predicted molar refractivity (Wildman–Crippen MR) is 95.2 cm³/mol. The monoisotopic (exact) mass is 367 g/mol. The third-order valence-corrected chi connectivity index (χ3v) is 6.64. The number of anilines is 1. The second-order valence-corrected chi connectivity index (χ2v) is 8.93. The molecule has 0 aromatic heterocycles. The highest BCUT2D eigenvalue weighted by Gasteiger charge is 2.40. The maximum Gasteiger partial charge on any atom is 0.310 e. The molecule has 0 heterocycles. The van der Waals surface area contributed by atoms with Crippen LogP contribution in [0, 0.1) is 5.41 Å². The number of hydrogen-bond acceptors (Lipinski definition) is 4. The minimum Gasteiger partial charge on any atom is -0.481 e. The van der Waals surface area contributed by atoms with Crippen LogP contribution in [0.5, 0.6) is 0 Å². The minimum atomic E-state index is -3.28. The molecule has 2 N–H and O–H groups in total. The second kappa shape index (κ2) is 7.99. The van der Waals surface area contributed by atoms with Crippen molar-refractivity contribution in [2.24, 2.45) is 5.41 Å².